The largest absolute Gasteiger partial charge is 0.456 e. The molecule has 1 aromatic rings. The van der Waals surface area contributed by atoms with E-state index in [1.165, 1.54) is 6.42 Å². The minimum absolute atomic E-state index is 0.0576. The highest BCUT2D eigenvalue weighted by atomic mass is 16.3. The van der Waals surface area contributed by atoms with Crippen LogP contribution >= 0.6 is 0 Å². The van der Waals surface area contributed by atoms with Gasteiger partial charge in [-0.1, -0.05) is 6.42 Å². The fourth-order valence-corrected chi connectivity index (χ4v) is 2.42. The van der Waals surface area contributed by atoms with Crippen LogP contribution in [-0.2, 0) is 0 Å². The van der Waals surface area contributed by atoms with Crippen LogP contribution in [0.2, 0.25) is 0 Å². The number of carbonyl (C=O) groups is 1. The van der Waals surface area contributed by atoms with Gasteiger partial charge in [-0.15, -0.1) is 0 Å². The summed E-state index contributed by atoms with van der Waals surface area (Å²) in [6, 6.07) is 3.53. The second-order valence-corrected chi connectivity index (χ2v) is 5.13. The quantitative estimate of drug-likeness (QED) is 0.867. The zero-order valence-electron chi connectivity index (χ0n) is 10.5. The lowest BCUT2D eigenvalue weighted by Crippen LogP contribution is -2.47. The molecule has 1 heterocycles. The molecule has 0 radical (unpaired) electrons. The third-order valence-corrected chi connectivity index (χ3v) is 3.72. The van der Waals surface area contributed by atoms with Gasteiger partial charge in [-0.2, -0.15) is 0 Å². The minimum Gasteiger partial charge on any atom is -0.456 e. The average molecular weight is 236 g/mol. The Morgan fingerprint density at radius 1 is 1.53 bits per heavy atom. The molecule has 94 valence electrons. The number of nitrogens with zero attached hydrogens (tertiary/aromatic N) is 1. The summed E-state index contributed by atoms with van der Waals surface area (Å²) in [7, 11) is 1.82. The van der Waals surface area contributed by atoms with E-state index in [0.717, 1.165) is 25.1 Å². The molecule has 0 aromatic carbocycles. The lowest BCUT2D eigenvalue weighted by atomic mass is 9.68. The first kappa shape index (κ1) is 12.2. The third kappa shape index (κ3) is 2.36. The van der Waals surface area contributed by atoms with Crippen LogP contribution in [0.5, 0.6) is 0 Å². The summed E-state index contributed by atoms with van der Waals surface area (Å²) in [6.45, 7) is 3.22. The first-order valence-corrected chi connectivity index (χ1v) is 6.08. The van der Waals surface area contributed by atoms with Crippen molar-refractivity contribution in [2.45, 2.75) is 26.2 Å². The summed E-state index contributed by atoms with van der Waals surface area (Å²) in [4.78, 5) is 13.8. The average Bonchev–Trinajstić information content (AvgIpc) is 2.69. The Balaban J connectivity index is 2.00. The Morgan fingerprint density at radius 2 is 2.24 bits per heavy atom. The molecule has 1 saturated carbocycles. The third-order valence-electron chi connectivity index (χ3n) is 3.72. The SMILES string of the molecule is Cc1ccc(C(=O)N(C)CC2(CN)CCC2)o1. The van der Waals surface area contributed by atoms with Crippen LogP contribution in [0.1, 0.15) is 35.6 Å². The molecular weight excluding hydrogens is 216 g/mol. The van der Waals surface area contributed by atoms with Gasteiger partial charge in [-0.3, -0.25) is 4.79 Å². The van der Waals surface area contributed by atoms with Crippen LogP contribution < -0.4 is 5.73 Å². The van der Waals surface area contributed by atoms with Gasteiger partial charge in [-0.05, 0) is 38.4 Å². The number of amides is 1. The van der Waals surface area contributed by atoms with Gasteiger partial charge in [0.1, 0.15) is 5.76 Å². The molecule has 0 bridgehead atoms. The van der Waals surface area contributed by atoms with E-state index in [0.29, 0.717) is 12.3 Å². The normalized spacial score (nSPS) is 17.6. The Morgan fingerprint density at radius 3 is 2.65 bits per heavy atom. The molecule has 2 rings (SSSR count). The number of nitrogens with two attached hydrogens (primary N) is 1. The lowest BCUT2D eigenvalue weighted by molar-refractivity contribution is 0.0541. The molecule has 1 amide bonds. The molecule has 4 nitrogen and oxygen atoms in total. The van der Waals surface area contributed by atoms with Crippen molar-refractivity contribution in [2.75, 3.05) is 20.1 Å². The van der Waals surface area contributed by atoms with Gasteiger partial charge < -0.3 is 15.1 Å². The molecule has 2 N–H and O–H groups in total. The minimum atomic E-state index is -0.0576. The van der Waals surface area contributed by atoms with Gasteiger partial charge >= 0.3 is 0 Å². The van der Waals surface area contributed by atoms with E-state index in [-0.39, 0.29) is 11.3 Å². The highest BCUT2D eigenvalue weighted by Crippen LogP contribution is 2.40. The predicted molar refractivity (Wildman–Crippen MR) is 65.7 cm³/mol. The fraction of sp³-hybridized carbons (Fsp3) is 0.615. The second kappa shape index (κ2) is 4.53. The van der Waals surface area contributed by atoms with Crippen molar-refractivity contribution in [1.29, 1.82) is 0 Å². The van der Waals surface area contributed by atoms with Crippen LogP contribution in [0, 0.1) is 12.3 Å². The van der Waals surface area contributed by atoms with Crippen molar-refractivity contribution in [3.8, 4) is 0 Å². The van der Waals surface area contributed by atoms with E-state index in [1.807, 2.05) is 20.0 Å². The van der Waals surface area contributed by atoms with Crippen LogP contribution in [0.25, 0.3) is 0 Å². The Bertz CT molecular complexity index is 402. The summed E-state index contributed by atoms with van der Waals surface area (Å²) in [5.74, 6) is 1.12. The molecule has 0 unspecified atom stereocenters. The van der Waals surface area contributed by atoms with Crippen molar-refractivity contribution >= 4 is 5.91 Å². The van der Waals surface area contributed by atoms with Crippen molar-refractivity contribution < 1.29 is 9.21 Å². The predicted octanol–water partition coefficient (Wildman–Crippen LogP) is 1.79. The number of aryl methyl sites for hydroxylation is 1. The zero-order chi connectivity index (χ0) is 12.5. The molecule has 17 heavy (non-hydrogen) atoms. The van der Waals surface area contributed by atoms with Gasteiger partial charge in [0, 0.05) is 19.0 Å². The first-order chi connectivity index (χ1) is 8.06. The molecule has 0 saturated heterocycles. The summed E-state index contributed by atoms with van der Waals surface area (Å²) in [6.07, 6.45) is 3.47. The molecule has 1 aliphatic rings. The van der Waals surface area contributed by atoms with E-state index in [1.54, 1.807) is 11.0 Å². The standard InChI is InChI=1S/C13H20N2O2/c1-10-4-5-11(17-10)12(16)15(2)9-13(8-14)6-3-7-13/h4-5H,3,6-9,14H2,1-2H3. The summed E-state index contributed by atoms with van der Waals surface area (Å²) < 4.78 is 5.34. The van der Waals surface area contributed by atoms with Gasteiger partial charge in [-0.25, -0.2) is 0 Å². The van der Waals surface area contributed by atoms with E-state index in [9.17, 15) is 4.79 Å². The van der Waals surface area contributed by atoms with Crippen molar-refractivity contribution in [1.82, 2.24) is 4.90 Å². The van der Waals surface area contributed by atoms with E-state index in [4.69, 9.17) is 10.2 Å². The number of rotatable bonds is 4. The zero-order valence-corrected chi connectivity index (χ0v) is 10.5. The molecule has 4 heteroatoms. The van der Waals surface area contributed by atoms with Crippen LogP contribution in [0.4, 0.5) is 0 Å². The molecule has 1 aliphatic carbocycles. The number of furan rings is 1. The van der Waals surface area contributed by atoms with Crippen molar-refractivity contribution in [2.24, 2.45) is 11.1 Å². The highest BCUT2D eigenvalue weighted by molar-refractivity contribution is 5.91. The molecule has 1 aromatic heterocycles. The Labute approximate surface area is 102 Å². The fourth-order valence-electron chi connectivity index (χ4n) is 2.42. The van der Waals surface area contributed by atoms with Gasteiger partial charge in [0.15, 0.2) is 5.76 Å². The van der Waals surface area contributed by atoms with Crippen LogP contribution in [0.15, 0.2) is 16.5 Å². The molecule has 0 atom stereocenters. The van der Waals surface area contributed by atoms with E-state index < -0.39 is 0 Å². The van der Waals surface area contributed by atoms with E-state index in [2.05, 4.69) is 0 Å². The Hall–Kier alpha value is -1.29. The molecule has 0 aliphatic heterocycles. The maximum atomic E-state index is 12.1. The number of carbonyl (C=O) groups excluding carboxylic acids is 1. The summed E-state index contributed by atoms with van der Waals surface area (Å²) in [5, 5.41) is 0. The maximum Gasteiger partial charge on any atom is 0.289 e. The lowest BCUT2D eigenvalue weighted by Gasteiger charge is -2.43. The van der Waals surface area contributed by atoms with Gasteiger partial charge in [0.2, 0.25) is 0 Å². The van der Waals surface area contributed by atoms with Gasteiger partial charge in [0.05, 0.1) is 0 Å². The number of hydrogen-bond acceptors (Lipinski definition) is 3. The molecule has 1 fully saturated rings. The van der Waals surface area contributed by atoms with Crippen LogP contribution in [0.3, 0.4) is 0 Å². The highest BCUT2D eigenvalue weighted by Gasteiger charge is 2.37. The summed E-state index contributed by atoms with van der Waals surface area (Å²) >= 11 is 0. The number of hydrogen-bond donors (Lipinski definition) is 1. The van der Waals surface area contributed by atoms with Crippen molar-refractivity contribution in [3.05, 3.63) is 23.7 Å². The van der Waals surface area contributed by atoms with E-state index >= 15 is 0 Å². The molecular formula is C13H20N2O2. The van der Waals surface area contributed by atoms with Crippen LogP contribution in [-0.4, -0.2) is 30.9 Å². The monoisotopic (exact) mass is 236 g/mol. The Kier molecular flexibility index (Phi) is 3.24. The van der Waals surface area contributed by atoms with Gasteiger partial charge in [0.25, 0.3) is 5.91 Å². The van der Waals surface area contributed by atoms with Crippen molar-refractivity contribution in [3.63, 3.8) is 0 Å². The second-order valence-electron chi connectivity index (χ2n) is 5.13. The topological polar surface area (TPSA) is 59.5 Å². The molecule has 0 spiro atoms. The smallest absolute Gasteiger partial charge is 0.289 e. The first-order valence-electron chi connectivity index (χ1n) is 6.08. The maximum absolute atomic E-state index is 12.1. The summed E-state index contributed by atoms with van der Waals surface area (Å²) in [5.41, 5.74) is 5.94.